The van der Waals surface area contributed by atoms with Crippen LogP contribution < -0.4 is 5.32 Å². The predicted molar refractivity (Wildman–Crippen MR) is 84.0 cm³/mol. The largest absolute Gasteiger partial charge is 0.461 e. The molecule has 3 heterocycles. The maximum absolute atomic E-state index is 12.4. The summed E-state index contributed by atoms with van der Waals surface area (Å²) in [5, 5.41) is 7.23. The van der Waals surface area contributed by atoms with E-state index in [0.717, 1.165) is 5.69 Å². The van der Waals surface area contributed by atoms with Crippen molar-refractivity contribution in [2.45, 2.75) is 6.04 Å². The van der Waals surface area contributed by atoms with Crippen LogP contribution in [-0.2, 0) is 0 Å². The third-order valence-corrected chi connectivity index (χ3v) is 3.81. The number of hydrogen-bond acceptors (Lipinski definition) is 5. The van der Waals surface area contributed by atoms with Crippen LogP contribution >= 0.6 is 0 Å². The van der Waals surface area contributed by atoms with Crippen molar-refractivity contribution in [2.75, 3.05) is 18.4 Å². The molecule has 1 aliphatic heterocycles. The Hall–Kier alpha value is -3.02. The van der Waals surface area contributed by atoms with E-state index >= 15 is 0 Å². The highest BCUT2D eigenvalue weighted by Crippen LogP contribution is 2.23. The molecule has 1 fully saturated rings. The van der Waals surface area contributed by atoms with E-state index in [1.807, 2.05) is 30.3 Å². The lowest BCUT2D eigenvalue weighted by molar-refractivity contribution is 0.0614. The van der Waals surface area contributed by atoms with Crippen LogP contribution in [0.25, 0.3) is 11.5 Å². The summed E-state index contributed by atoms with van der Waals surface area (Å²) >= 11 is 0. The van der Waals surface area contributed by atoms with Gasteiger partial charge in [-0.3, -0.25) is 4.79 Å². The number of carbonyl (C=O) groups is 1. The van der Waals surface area contributed by atoms with E-state index in [2.05, 4.69) is 10.5 Å². The minimum Gasteiger partial charge on any atom is -0.461 e. The van der Waals surface area contributed by atoms with Crippen LogP contribution in [0.1, 0.15) is 10.5 Å². The van der Waals surface area contributed by atoms with Gasteiger partial charge in [0.2, 0.25) is 5.76 Å². The summed E-state index contributed by atoms with van der Waals surface area (Å²) in [6.45, 7) is 1.30. The van der Waals surface area contributed by atoms with Crippen LogP contribution in [0.5, 0.6) is 0 Å². The number of benzene rings is 1. The van der Waals surface area contributed by atoms with Gasteiger partial charge in [-0.25, -0.2) is 0 Å². The maximum Gasteiger partial charge on any atom is 0.276 e. The van der Waals surface area contributed by atoms with Crippen LogP contribution in [0, 0.1) is 0 Å². The van der Waals surface area contributed by atoms with E-state index in [1.165, 1.54) is 0 Å². The minimum atomic E-state index is -0.127. The molecule has 4 rings (SSSR count). The van der Waals surface area contributed by atoms with Crippen molar-refractivity contribution < 1.29 is 13.7 Å². The fraction of sp³-hybridized carbons (Fsp3) is 0.176. The standard InChI is InChI=1S/C17H15N3O3/c21-17(14-9-16(23-19-14)15-7-4-8-22-15)20-10-13(11-20)18-12-5-2-1-3-6-12/h1-9,13,18H,10-11H2. The van der Waals surface area contributed by atoms with Gasteiger partial charge in [0.05, 0.1) is 12.3 Å². The molecule has 23 heavy (non-hydrogen) atoms. The molecule has 0 radical (unpaired) electrons. The predicted octanol–water partition coefficient (Wildman–Crippen LogP) is 2.87. The van der Waals surface area contributed by atoms with E-state index in [1.54, 1.807) is 29.4 Å². The van der Waals surface area contributed by atoms with E-state index in [0.29, 0.717) is 30.3 Å². The van der Waals surface area contributed by atoms with Crippen LogP contribution in [0.15, 0.2) is 63.7 Å². The Kier molecular flexibility index (Phi) is 3.34. The molecule has 1 aromatic carbocycles. The van der Waals surface area contributed by atoms with Crippen LogP contribution in [0.4, 0.5) is 5.69 Å². The third-order valence-electron chi connectivity index (χ3n) is 3.81. The first-order valence-electron chi connectivity index (χ1n) is 7.41. The summed E-state index contributed by atoms with van der Waals surface area (Å²) in [6, 6.07) is 15.4. The highest BCUT2D eigenvalue weighted by molar-refractivity contribution is 5.93. The molecule has 0 spiro atoms. The molecule has 1 aliphatic rings. The first-order chi connectivity index (χ1) is 11.3. The molecule has 0 bridgehead atoms. The molecule has 116 valence electrons. The van der Waals surface area contributed by atoms with E-state index in [4.69, 9.17) is 8.94 Å². The molecule has 6 heteroatoms. The Balaban J connectivity index is 1.36. The molecule has 0 aliphatic carbocycles. The van der Waals surface area contributed by atoms with E-state index in [9.17, 15) is 4.79 Å². The monoisotopic (exact) mass is 309 g/mol. The number of rotatable bonds is 4. The van der Waals surface area contributed by atoms with Gasteiger partial charge in [-0.15, -0.1) is 0 Å². The quantitative estimate of drug-likeness (QED) is 0.802. The van der Waals surface area contributed by atoms with Gasteiger partial charge in [0, 0.05) is 24.8 Å². The van der Waals surface area contributed by atoms with E-state index in [-0.39, 0.29) is 11.9 Å². The summed E-state index contributed by atoms with van der Waals surface area (Å²) in [6.07, 6.45) is 1.55. The zero-order valence-corrected chi connectivity index (χ0v) is 12.3. The molecule has 0 saturated carbocycles. The number of para-hydroxylation sites is 1. The summed E-state index contributed by atoms with van der Waals surface area (Å²) in [5.41, 5.74) is 1.36. The smallest absolute Gasteiger partial charge is 0.276 e. The second-order valence-corrected chi connectivity index (χ2v) is 5.47. The molecule has 1 N–H and O–H groups in total. The summed E-state index contributed by atoms with van der Waals surface area (Å²) in [5.74, 6) is 0.888. The number of nitrogens with zero attached hydrogens (tertiary/aromatic N) is 2. The Morgan fingerprint density at radius 3 is 2.70 bits per heavy atom. The number of aromatic nitrogens is 1. The molecule has 2 aromatic heterocycles. The van der Waals surface area contributed by atoms with Crippen molar-refractivity contribution in [1.82, 2.24) is 10.1 Å². The maximum atomic E-state index is 12.4. The number of amides is 1. The van der Waals surface area contributed by atoms with Crippen molar-refractivity contribution in [3.63, 3.8) is 0 Å². The Morgan fingerprint density at radius 1 is 1.13 bits per heavy atom. The Bertz CT molecular complexity index is 790. The molecule has 6 nitrogen and oxygen atoms in total. The molecule has 0 unspecified atom stereocenters. The zero-order valence-electron chi connectivity index (χ0n) is 12.3. The average Bonchev–Trinajstić information content (AvgIpc) is 3.21. The van der Waals surface area contributed by atoms with Gasteiger partial charge in [0.1, 0.15) is 0 Å². The Morgan fingerprint density at radius 2 is 1.96 bits per heavy atom. The summed E-state index contributed by atoms with van der Waals surface area (Å²) in [4.78, 5) is 14.1. The van der Waals surface area contributed by atoms with Crippen LogP contribution in [0.3, 0.4) is 0 Å². The highest BCUT2D eigenvalue weighted by Gasteiger charge is 2.32. The number of carbonyl (C=O) groups excluding carboxylic acids is 1. The van der Waals surface area contributed by atoms with Crippen molar-refractivity contribution in [3.8, 4) is 11.5 Å². The van der Waals surface area contributed by atoms with Gasteiger partial charge >= 0.3 is 0 Å². The van der Waals surface area contributed by atoms with E-state index < -0.39 is 0 Å². The lowest BCUT2D eigenvalue weighted by Gasteiger charge is -2.39. The first-order valence-corrected chi connectivity index (χ1v) is 7.41. The molecular formula is C17H15N3O3. The second kappa shape index (κ2) is 5.64. The number of likely N-dealkylation sites (tertiary alicyclic amines) is 1. The molecule has 0 atom stereocenters. The molecular weight excluding hydrogens is 294 g/mol. The summed E-state index contributed by atoms with van der Waals surface area (Å²) in [7, 11) is 0. The van der Waals surface area contributed by atoms with Gasteiger partial charge in [-0.2, -0.15) is 0 Å². The van der Waals surface area contributed by atoms with Crippen molar-refractivity contribution in [2.24, 2.45) is 0 Å². The third kappa shape index (κ3) is 2.70. The lowest BCUT2D eigenvalue weighted by Crippen LogP contribution is -2.57. The van der Waals surface area contributed by atoms with Gasteiger partial charge in [-0.1, -0.05) is 23.4 Å². The second-order valence-electron chi connectivity index (χ2n) is 5.47. The minimum absolute atomic E-state index is 0.127. The lowest BCUT2D eigenvalue weighted by atomic mass is 10.1. The van der Waals surface area contributed by atoms with Crippen LogP contribution in [0.2, 0.25) is 0 Å². The number of hydrogen-bond donors (Lipinski definition) is 1. The topological polar surface area (TPSA) is 71.5 Å². The fourth-order valence-electron chi connectivity index (χ4n) is 2.58. The SMILES string of the molecule is O=C(c1cc(-c2ccco2)on1)N1CC(Nc2ccccc2)C1. The first kappa shape index (κ1) is 13.6. The van der Waals surface area contributed by atoms with Gasteiger partial charge in [0.15, 0.2) is 11.5 Å². The summed E-state index contributed by atoms with van der Waals surface area (Å²) < 4.78 is 10.4. The van der Waals surface area contributed by atoms with Gasteiger partial charge in [-0.05, 0) is 24.3 Å². The highest BCUT2D eigenvalue weighted by atomic mass is 16.5. The number of nitrogens with one attached hydrogen (secondary N) is 1. The van der Waals surface area contributed by atoms with Crippen molar-refractivity contribution in [1.29, 1.82) is 0 Å². The fourth-order valence-corrected chi connectivity index (χ4v) is 2.58. The average molecular weight is 309 g/mol. The zero-order chi connectivity index (χ0) is 15.6. The van der Waals surface area contributed by atoms with Gasteiger partial charge in [0.25, 0.3) is 5.91 Å². The Labute approximate surface area is 132 Å². The molecule has 1 amide bonds. The van der Waals surface area contributed by atoms with Crippen LogP contribution in [-0.4, -0.2) is 35.1 Å². The van der Waals surface area contributed by atoms with Crippen molar-refractivity contribution >= 4 is 11.6 Å². The number of furan rings is 1. The molecule has 3 aromatic rings. The molecule has 1 saturated heterocycles. The van der Waals surface area contributed by atoms with Gasteiger partial charge < -0.3 is 19.2 Å². The number of anilines is 1. The normalized spacial score (nSPS) is 14.5. The van der Waals surface area contributed by atoms with Crippen molar-refractivity contribution in [3.05, 3.63) is 60.5 Å².